The third kappa shape index (κ3) is 4.79. The van der Waals surface area contributed by atoms with Crippen molar-refractivity contribution in [1.29, 1.82) is 0 Å². The van der Waals surface area contributed by atoms with Gasteiger partial charge in [0.1, 0.15) is 11.9 Å². The number of carbonyl (C=O) groups excluding carboxylic acids is 2. The smallest absolute Gasteiger partial charge is 0.274 e. The van der Waals surface area contributed by atoms with E-state index in [1.807, 2.05) is 4.57 Å². The molecular weight excluding hydrogens is 427 g/mol. The second-order valence-corrected chi connectivity index (χ2v) is 8.99. The topological polar surface area (TPSA) is 85.7 Å². The van der Waals surface area contributed by atoms with Crippen LogP contribution in [0.3, 0.4) is 0 Å². The van der Waals surface area contributed by atoms with Gasteiger partial charge in [-0.15, -0.1) is 0 Å². The van der Waals surface area contributed by atoms with Crippen LogP contribution < -0.4 is 5.32 Å². The fourth-order valence-corrected chi connectivity index (χ4v) is 4.84. The van der Waals surface area contributed by atoms with Crippen LogP contribution in [0.1, 0.15) is 53.5 Å². The maximum Gasteiger partial charge on any atom is 0.274 e. The lowest BCUT2D eigenvalue weighted by atomic mass is 9.95. The van der Waals surface area contributed by atoms with Crippen molar-refractivity contribution in [3.8, 4) is 0 Å². The summed E-state index contributed by atoms with van der Waals surface area (Å²) in [5, 5.41) is 3.01. The van der Waals surface area contributed by atoms with Gasteiger partial charge in [-0.05, 0) is 43.4 Å². The van der Waals surface area contributed by atoms with Crippen molar-refractivity contribution < 1.29 is 23.5 Å². The van der Waals surface area contributed by atoms with Gasteiger partial charge in [0.05, 0.1) is 31.3 Å². The van der Waals surface area contributed by atoms with Gasteiger partial charge in [0.2, 0.25) is 5.91 Å². The first kappa shape index (κ1) is 22.0. The van der Waals surface area contributed by atoms with E-state index in [0.717, 1.165) is 30.7 Å². The van der Waals surface area contributed by atoms with Gasteiger partial charge in [0.25, 0.3) is 5.91 Å². The lowest BCUT2D eigenvalue weighted by Gasteiger charge is -2.32. The zero-order chi connectivity index (χ0) is 22.8. The molecule has 2 aromatic rings. The molecule has 176 valence electrons. The second kappa shape index (κ2) is 9.61. The maximum atomic E-state index is 13.2. The third-order valence-corrected chi connectivity index (χ3v) is 6.86. The predicted octanol–water partition coefficient (Wildman–Crippen LogP) is 2.44. The lowest BCUT2D eigenvalue weighted by molar-refractivity contribution is -0.126. The Balaban J connectivity index is 1.15. The van der Waals surface area contributed by atoms with E-state index >= 15 is 0 Å². The number of halogens is 1. The Hall–Kier alpha value is -2.78. The standard InChI is InChI=1S/C24H29FN4O4/c25-18-5-3-16(4-6-18)21-13-29-15-27-22(20(29)14-33-21)24(31)28-9-7-17(8-10-28)23(30)26-12-19-2-1-11-32-19/h3-6,15,17,19,21H,1-2,7-14H2,(H,26,30)/t19-,21-/m0/s1. The number of hydrogen-bond acceptors (Lipinski definition) is 5. The third-order valence-electron chi connectivity index (χ3n) is 6.86. The molecule has 0 radical (unpaired) electrons. The Kier molecular flexibility index (Phi) is 6.41. The minimum atomic E-state index is -0.283. The number of piperidine rings is 1. The van der Waals surface area contributed by atoms with Crippen molar-refractivity contribution in [3.63, 3.8) is 0 Å². The molecule has 1 aromatic carbocycles. The summed E-state index contributed by atoms with van der Waals surface area (Å²) < 4.78 is 26.7. The van der Waals surface area contributed by atoms with Crippen molar-refractivity contribution in [3.05, 3.63) is 53.4 Å². The van der Waals surface area contributed by atoms with Crippen molar-refractivity contribution in [1.82, 2.24) is 19.8 Å². The minimum Gasteiger partial charge on any atom is -0.376 e. The fourth-order valence-electron chi connectivity index (χ4n) is 4.84. The van der Waals surface area contributed by atoms with Crippen molar-refractivity contribution >= 4 is 11.8 Å². The number of imidazole rings is 1. The summed E-state index contributed by atoms with van der Waals surface area (Å²) in [5.41, 5.74) is 2.06. The highest BCUT2D eigenvalue weighted by Gasteiger charge is 2.32. The number of rotatable bonds is 5. The molecule has 8 nitrogen and oxygen atoms in total. The van der Waals surface area contributed by atoms with Crippen LogP contribution in [-0.4, -0.2) is 58.6 Å². The quantitative estimate of drug-likeness (QED) is 0.747. The van der Waals surface area contributed by atoms with Crippen molar-refractivity contribution in [2.75, 3.05) is 26.2 Å². The fraction of sp³-hybridized carbons (Fsp3) is 0.542. The van der Waals surface area contributed by atoms with Crippen molar-refractivity contribution in [2.24, 2.45) is 5.92 Å². The van der Waals surface area contributed by atoms with E-state index < -0.39 is 0 Å². The van der Waals surface area contributed by atoms with Gasteiger partial charge in [-0.2, -0.15) is 0 Å². The number of fused-ring (bicyclic) bond motifs is 1. The van der Waals surface area contributed by atoms with Gasteiger partial charge in [-0.1, -0.05) is 12.1 Å². The average Bonchev–Trinajstić information content (AvgIpc) is 3.52. The Morgan fingerprint density at radius 2 is 1.91 bits per heavy atom. The minimum absolute atomic E-state index is 0.0530. The lowest BCUT2D eigenvalue weighted by Crippen LogP contribution is -2.44. The van der Waals surface area contributed by atoms with E-state index in [0.29, 0.717) is 44.7 Å². The van der Waals surface area contributed by atoms with Crippen LogP contribution in [0.25, 0.3) is 0 Å². The number of nitrogens with one attached hydrogen (secondary N) is 1. The monoisotopic (exact) mass is 456 g/mol. The molecule has 1 N–H and O–H groups in total. The molecule has 4 heterocycles. The number of ether oxygens (including phenoxy) is 2. The Labute approximate surface area is 192 Å². The zero-order valence-electron chi connectivity index (χ0n) is 18.5. The molecule has 2 saturated heterocycles. The molecule has 0 aliphatic carbocycles. The number of carbonyl (C=O) groups is 2. The predicted molar refractivity (Wildman–Crippen MR) is 117 cm³/mol. The molecule has 0 saturated carbocycles. The van der Waals surface area contributed by atoms with E-state index in [4.69, 9.17) is 9.47 Å². The largest absolute Gasteiger partial charge is 0.376 e. The van der Waals surface area contributed by atoms with Gasteiger partial charge in [-0.25, -0.2) is 9.37 Å². The van der Waals surface area contributed by atoms with Crippen LogP contribution in [-0.2, 0) is 27.4 Å². The summed E-state index contributed by atoms with van der Waals surface area (Å²) in [6.07, 6.45) is 4.93. The van der Waals surface area contributed by atoms with E-state index in [-0.39, 0.29) is 42.4 Å². The molecule has 0 unspecified atom stereocenters. The summed E-state index contributed by atoms with van der Waals surface area (Å²) in [7, 11) is 0. The molecule has 3 aliphatic rings. The molecule has 3 aliphatic heterocycles. The Morgan fingerprint density at radius 3 is 2.64 bits per heavy atom. The Morgan fingerprint density at radius 1 is 1.12 bits per heavy atom. The van der Waals surface area contributed by atoms with Crippen LogP contribution in [0.5, 0.6) is 0 Å². The first-order valence-corrected chi connectivity index (χ1v) is 11.7. The molecule has 9 heteroatoms. The molecule has 2 atom stereocenters. The molecule has 2 amide bonds. The van der Waals surface area contributed by atoms with Crippen molar-refractivity contribution in [2.45, 2.75) is 51.0 Å². The van der Waals surface area contributed by atoms with E-state index in [9.17, 15) is 14.0 Å². The maximum absolute atomic E-state index is 13.2. The average molecular weight is 457 g/mol. The second-order valence-electron chi connectivity index (χ2n) is 8.99. The number of aromatic nitrogens is 2. The van der Waals surface area contributed by atoms with Crippen LogP contribution in [0.4, 0.5) is 4.39 Å². The summed E-state index contributed by atoms with van der Waals surface area (Å²) in [5.74, 6) is -0.427. The number of hydrogen-bond donors (Lipinski definition) is 1. The number of amides is 2. The highest BCUT2D eigenvalue weighted by atomic mass is 19.1. The molecule has 2 fully saturated rings. The first-order chi connectivity index (χ1) is 16.1. The molecule has 5 rings (SSSR count). The molecule has 33 heavy (non-hydrogen) atoms. The van der Waals surface area contributed by atoms with Gasteiger partial charge in [0, 0.05) is 32.2 Å². The number of benzene rings is 1. The van der Waals surface area contributed by atoms with Crippen LogP contribution in [0, 0.1) is 11.7 Å². The normalized spacial score (nSPS) is 23.4. The molecule has 1 aromatic heterocycles. The first-order valence-electron chi connectivity index (χ1n) is 11.7. The highest BCUT2D eigenvalue weighted by molar-refractivity contribution is 5.93. The van der Waals surface area contributed by atoms with E-state index in [2.05, 4.69) is 10.3 Å². The zero-order valence-corrected chi connectivity index (χ0v) is 18.5. The van der Waals surface area contributed by atoms with Gasteiger partial charge in [-0.3, -0.25) is 9.59 Å². The van der Waals surface area contributed by atoms with Gasteiger partial charge >= 0.3 is 0 Å². The van der Waals surface area contributed by atoms with E-state index in [1.165, 1.54) is 12.1 Å². The van der Waals surface area contributed by atoms with E-state index in [1.54, 1.807) is 23.4 Å². The number of likely N-dealkylation sites (tertiary alicyclic amines) is 1. The summed E-state index contributed by atoms with van der Waals surface area (Å²) in [6.45, 7) is 3.19. The molecule has 0 spiro atoms. The highest BCUT2D eigenvalue weighted by Crippen LogP contribution is 2.29. The molecular formula is C24H29FN4O4. The van der Waals surface area contributed by atoms with Crippen LogP contribution in [0.2, 0.25) is 0 Å². The van der Waals surface area contributed by atoms with Crippen LogP contribution >= 0.6 is 0 Å². The SMILES string of the molecule is O=C(NC[C@@H]1CCCO1)C1CCN(C(=O)c2ncn3c2CO[C@H](c2ccc(F)cc2)C3)CC1. The van der Waals surface area contributed by atoms with Gasteiger partial charge in [0.15, 0.2) is 5.69 Å². The van der Waals surface area contributed by atoms with Gasteiger partial charge < -0.3 is 24.3 Å². The summed E-state index contributed by atoms with van der Waals surface area (Å²) in [6, 6.07) is 6.27. The Bertz CT molecular complexity index is 994. The summed E-state index contributed by atoms with van der Waals surface area (Å²) in [4.78, 5) is 31.8. The number of nitrogens with zero attached hydrogens (tertiary/aromatic N) is 3. The molecule has 0 bridgehead atoms. The van der Waals surface area contributed by atoms with Crippen LogP contribution in [0.15, 0.2) is 30.6 Å². The summed E-state index contributed by atoms with van der Waals surface area (Å²) >= 11 is 0.